The Morgan fingerprint density at radius 3 is 2.93 bits per heavy atom. The lowest BCUT2D eigenvalue weighted by molar-refractivity contribution is -0.116. The maximum absolute atomic E-state index is 11.4. The van der Waals surface area contributed by atoms with E-state index in [1.54, 1.807) is 0 Å². The van der Waals surface area contributed by atoms with Crippen LogP contribution < -0.4 is 20.7 Å². The van der Waals surface area contributed by atoms with Gasteiger partial charge in [0.05, 0.1) is 13.1 Å². The summed E-state index contributed by atoms with van der Waals surface area (Å²) in [5, 5.41) is 10.1. The van der Waals surface area contributed by atoms with E-state index < -0.39 is 0 Å². The second kappa shape index (κ2) is 9.99. The van der Waals surface area contributed by atoms with Crippen LogP contribution in [0.15, 0.2) is 47.5 Å². The molecule has 28 heavy (non-hydrogen) atoms. The number of carbonyl (C=O) groups is 1. The Balaban J connectivity index is 1.48. The summed E-state index contributed by atoms with van der Waals surface area (Å²) in [7, 11) is 0. The van der Waals surface area contributed by atoms with Crippen LogP contribution in [-0.2, 0) is 17.8 Å². The van der Waals surface area contributed by atoms with Crippen molar-refractivity contribution in [2.45, 2.75) is 26.3 Å². The van der Waals surface area contributed by atoms with E-state index in [2.05, 4.69) is 20.9 Å². The number of carbonyl (C=O) groups excluding carboxylic acids is 1. The summed E-state index contributed by atoms with van der Waals surface area (Å²) < 4.78 is 5.83. The summed E-state index contributed by atoms with van der Waals surface area (Å²) in [6, 6.07) is 13.5. The van der Waals surface area contributed by atoms with Crippen molar-refractivity contribution in [3.63, 3.8) is 0 Å². The Morgan fingerprint density at radius 1 is 1.21 bits per heavy atom. The third-order valence-corrected chi connectivity index (χ3v) is 4.52. The van der Waals surface area contributed by atoms with E-state index >= 15 is 0 Å². The maximum atomic E-state index is 11.4. The Hall–Kier alpha value is -2.73. The number of ether oxygens (including phenoxy) is 1. The molecule has 1 amide bonds. The molecule has 1 aliphatic heterocycles. The number of anilines is 1. The van der Waals surface area contributed by atoms with Gasteiger partial charge in [-0.1, -0.05) is 23.7 Å². The van der Waals surface area contributed by atoms with Gasteiger partial charge in [-0.05, 0) is 54.8 Å². The minimum atomic E-state index is 0.0679. The molecular formula is C21H25ClN4O2. The molecule has 0 aliphatic carbocycles. The number of nitrogens with zero attached hydrogens (tertiary/aromatic N) is 1. The summed E-state index contributed by atoms with van der Waals surface area (Å²) in [4.78, 5) is 16.0. The van der Waals surface area contributed by atoms with Gasteiger partial charge in [-0.2, -0.15) is 0 Å². The fraction of sp³-hybridized carbons (Fsp3) is 0.333. The first kappa shape index (κ1) is 20.0. The third-order valence-electron chi connectivity index (χ3n) is 4.29. The van der Waals surface area contributed by atoms with Crippen LogP contribution in [0.4, 0.5) is 5.69 Å². The molecule has 0 radical (unpaired) electrons. The molecule has 0 aromatic heterocycles. The largest absolute Gasteiger partial charge is 0.492 e. The van der Waals surface area contributed by atoms with Crippen LogP contribution in [0.2, 0.25) is 5.02 Å². The van der Waals surface area contributed by atoms with Crippen LogP contribution in [0, 0.1) is 0 Å². The van der Waals surface area contributed by atoms with Gasteiger partial charge in [0.2, 0.25) is 5.91 Å². The summed E-state index contributed by atoms with van der Waals surface area (Å²) in [5.74, 6) is 1.61. The molecule has 3 N–H and O–H groups in total. The van der Waals surface area contributed by atoms with Gasteiger partial charge in [-0.25, -0.2) is 4.99 Å². The highest BCUT2D eigenvalue weighted by Gasteiger charge is 2.14. The van der Waals surface area contributed by atoms with Gasteiger partial charge in [-0.15, -0.1) is 0 Å². The zero-order valence-electron chi connectivity index (χ0n) is 15.9. The third kappa shape index (κ3) is 5.89. The molecule has 0 spiro atoms. The minimum absolute atomic E-state index is 0.0679. The molecule has 0 fully saturated rings. The molecule has 148 valence electrons. The number of nitrogens with one attached hydrogen (secondary N) is 3. The van der Waals surface area contributed by atoms with E-state index in [1.807, 2.05) is 49.4 Å². The van der Waals surface area contributed by atoms with Crippen LogP contribution in [-0.4, -0.2) is 31.6 Å². The average Bonchev–Trinajstić information content (AvgIpc) is 2.69. The number of aryl methyl sites for hydroxylation is 1. The molecule has 0 unspecified atom stereocenters. The van der Waals surface area contributed by atoms with Crippen molar-refractivity contribution in [2.24, 2.45) is 4.99 Å². The second-order valence-corrected chi connectivity index (χ2v) is 6.90. The summed E-state index contributed by atoms with van der Waals surface area (Å²) in [5.41, 5.74) is 3.05. The highest BCUT2D eigenvalue weighted by Crippen LogP contribution is 2.26. The first-order valence-corrected chi connectivity index (χ1v) is 9.84. The predicted molar refractivity (Wildman–Crippen MR) is 113 cm³/mol. The van der Waals surface area contributed by atoms with Crippen molar-refractivity contribution in [3.8, 4) is 5.75 Å². The normalized spacial score (nSPS) is 13.5. The van der Waals surface area contributed by atoms with Gasteiger partial charge in [0.1, 0.15) is 12.4 Å². The molecule has 3 rings (SSSR count). The van der Waals surface area contributed by atoms with E-state index in [1.165, 1.54) is 0 Å². The highest BCUT2D eigenvalue weighted by molar-refractivity contribution is 6.30. The Bertz CT molecular complexity index is 854. The zero-order valence-corrected chi connectivity index (χ0v) is 16.7. The Morgan fingerprint density at radius 2 is 2.11 bits per heavy atom. The molecule has 0 saturated carbocycles. The van der Waals surface area contributed by atoms with E-state index in [0.717, 1.165) is 41.5 Å². The quantitative estimate of drug-likeness (QED) is 0.378. The SMILES string of the molecule is CCNC(=NCc1cccc(Cl)c1)NCCOc1ccc2c(c1)CCC(=O)N2. The molecule has 0 atom stereocenters. The van der Waals surface area contributed by atoms with Gasteiger partial charge in [0.25, 0.3) is 0 Å². The molecule has 0 saturated heterocycles. The van der Waals surface area contributed by atoms with Crippen molar-refractivity contribution in [1.82, 2.24) is 10.6 Å². The number of halogens is 1. The number of guanidine groups is 1. The summed E-state index contributed by atoms with van der Waals surface area (Å²) in [6.45, 7) is 4.48. The smallest absolute Gasteiger partial charge is 0.224 e. The molecule has 2 aromatic rings. The van der Waals surface area contributed by atoms with Gasteiger partial charge >= 0.3 is 0 Å². The first-order chi connectivity index (χ1) is 13.6. The molecule has 1 heterocycles. The minimum Gasteiger partial charge on any atom is -0.492 e. The molecule has 7 heteroatoms. The first-order valence-electron chi connectivity index (χ1n) is 9.46. The van der Waals surface area contributed by atoms with E-state index in [9.17, 15) is 4.79 Å². The van der Waals surface area contributed by atoms with Crippen molar-refractivity contribution in [3.05, 3.63) is 58.6 Å². The van der Waals surface area contributed by atoms with Crippen molar-refractivity contribution in [1.29, 1.82) is 0 Å². The number of benzene rings is 2. The molecular weight excluding hydrogens is 376 g/mol. The number of rotatable bonds is 7. The van der Waals surface area contributed by atoms with Gasteiger partial charge in [-0.3, -0.25) is 4.79 Å². The zero-order chi connectivity index (χ0) is 19.8. The molecule has 6 nitrogen and oxygen atoms in total. The number of fused-ring (bicyclic) bond motifs is 1. The van der Waals surface area contributed by atoms with Gasteiger partial charge in [0.15, 0.2) is 5.96 Å². The van der Waals surface area contributed by atoms with E-state index in [-0.39, 0.29) is 5.91 Å². The van der Waals surface area contributed by atoms with Crippen LogP contribution >= 0.6 is 11.6 Å². The van der Waals surface area contributed by atoms with Gasteiger partial charge < -0.3 is 20.7 Å². The lowest BCUT2D eigenvalue weighted by atomic mass is 10.0. The highest BCUT2D eigenvalue weighted by atomic mass is 35.5. The summed E-state index contributed by atoms with van der Waals surface area (Å²) in [6.07, 6.45) is 1.27. The van der Waals surface area contributed by atoms with Crippen LogP contribution in [0.5, 0.6) is 5.75 Å². The molecule has 0 bridgehead atoms. The van der Waals surface area contributed by atoms with Crippen molar-refractivity contribution in [2.75, 3.05) is 25.0 Å². The maximum Gasteiger partial charge on any atom is 0.224 e. The second-order valence-electron chi connectivity index (χ2n) is 6.47. The summed E-state index contributed by atoms with van der Waals surface area (Å²) >= 11 is 6.02. The van der Waals surface area contributed by atoms with E-state index in [4.69, 9.17) is 16.3 Å². The lowest BCUT2D eigenvalue weighted by Crippen LogP contribution is -2.39. The number of hydrogen-bond acceptors (Lipinski definition) is 3. The Labute approximate surface area is 170 Å². The fourth-order valence-corrected chi connectivity index (χ4v) is 3.15. The van der Waals surface area contributed by atoms with Crippen molar-refractivity contribution >= 4 is 29.2 Å². The predicted octanol–water partition coefficient (Wildman–Crippen LogP) is 3.36. The van der Waals surface area contributed by atoms with Crippen LogP contribution in [0.25, 0.3) is 0 Å². The standard InChI is InChI=1S/C21H25ClN4O2/c1-2-23-21(25-14-15-4-3-5-17(22)12-15)24-10-11-28-18-7-8-19-16(13-18)6-9-20(27)26-19/h3-5,7-8,12-13H,2,6,9-11,14H2,1H3,(H,26,27)(H2,23,24,25). The van der Waals surface area contributed by atoms with Crippen molar-refractivity contribution < 1.29 is 9.53 Å². The average molecular weight is 401 g/mol. The lowest BCUT2D eigenvalue weighted by Gasteiger charge is -2.18. The monoisotopic (exact) mass is 400 g/mol. The van der Waals surface area contributed by atoms with Crippen LogP contribution in [0.1, 0.15) is 24.5 Å². The molecule has 2 aromatic carbocycles. The number of amides is 1. The Kier molecular flexibility index (Phi) is 7.14. The molecule has 1 aliphatic rings. The topological polar surface area (TPSA) is 74.8 Å². The number of hydrogen-bond donors (Lipinski definition) is 3. The van der Waals surface area contributed by atoms with Gasteiger partial charge in [0, 0.05) is 23.7 Å². The van der Waals surface area contributed by atoms with Crippen LogP contribution in [0.3, 0.4) is 0 Å². The van der Waals surface area contributed by atoms with E-state index in [0.29, 0.717) is 31.1 Å². The number of aliphatic imine (C=N–C) groups is 1. The fourth-order valence-electron chi connectivity index (χ4n) is 2.94.